The minimum absolute atomic E-state index is 0.657. The second-order valence-electron chi connectivity index (χ2n) is 5.09. The molecule has 0 aliphatic carbocycles. The molecule has 0 saturated carbocycles. The fourth-order valence-electron chi connectivity index (χ4n) is 2.23. The average Bonchev–Trinajstić information content (AvgIpc) is 3.07. The van der Waals surface area contributed by atoms with Crippen LogP contribution in [0.5, 0.6) is 0 Å². The number of rotatable bonds is 5. The van der Waals surface area contributed by atoms with E-state index >= 15 is 0 Å². The zero-order chi connectivity index (χ0) is 16.2. The molecule has 0 bridgehead atoms. The summed E-state index contributed by atoms with van der Waals surface area (Å²) in [5.74, 6) is 0. The van der Waals surface area contributed by atoms with E-state index < -0.39 is 10.8 Å². The molecular formula is C17H16ClN3OS. The Kier molecular flexibility index (Phi) is 4.79. The van der Waals surface area contributed by atoms with E-state index in [0.29, 0.717) is 11.6 Å². The molecule has 0 aliphatic heterocycles. The lowest BCUT2D eigenvalue weighted by Gasteiger charge is -2.10. The van der Waals surface area contributed by atoms with E-state index in [2.05, 4.69) is 10.3 Å². The fourth-order valence-corrected chi connectivity index (χ4v) is 3.03. The van der Waals surface area contributed by atoms with Crippen LogP contribution in [0, 0.1) is 0 Å². The van der Waals surface area contributed by atoms with Crippen molar-refractivity contribution in [2.45, 2.75) is 11.4 Å². The number of hydrogen-bond donors (Lipinski definition) is 1. The Labute approximate surface area is 142 Å². The van der Waals surface area contributed by atoms with Gasteiger partial charge in [0.05, 0.1) is 17.0 Å². The summed E-state index contributed by atoms with van der Waals surface area (Å²) in [4.78, 5) is 4.86. The summed E-state index contributed by atoms with van der Waals surface area (Å²) in [6.07, 6.45) is 6.97. The highest BCUT2D eigenvalue weighted by Crippen LogP contribution is 2.24. The van der Waals surface area contributed by atoms with Crippen molar-refractivity contribution in [3.63, 3.8) is 0 Å². The first-order chi connectivity index (χ1) is 11.1. The lowest BCUT2D eigenvalue weighted by Crippen LogP contribution is -2.00. The summed E-state index contributed by atoms with van der Waals surface area (Å²) in [6.45, 7) is 0.678. The summed E-state index contributed by atoms with van der Waals surface area (Å²) < 4.78 is 13.2. The van der Waals surface area contributed by atoms with Crippen LogP contribution < -0.4 is 5.32 Å². The molecule has 6 heteroatoms. The van der Waals surface area contributed by atoms with Gasteiger partial charge in [0.15, 0.2) is 0 Å². The van der Waals surface area contributed by atoms with Gasteiger partial charge >= 0.3 is 0 Å². The minimum atomic E-state index is -0.943. The number of nitrogens with one attached hydrogen (secondary N) is 1. The van der Waals surface area contributed by atoms with E-state index in [-0.39, 0.29) is 0 Å². The number of imidazole rings is 1. The Morgan fingerprint density at radius 2 is 2.00 bits per heavy atom. The van der Waals surface area contributed by atoms with E-state index in [9.17, 15) is 4.21 Å². The second-order valence-corrected chi connectivity index (χ2v) is 6.87. The zero-order valence-corrected chi connectivity index (χ0v) is 14.1. The molecule has 0 amide bonds. The molecule has 0 spiro atoms. The van der Waals surface area contributed by atoms with Crippen molar-refractivity contribution in [1.29, 1.82) is 0 Å². The first kappa shape index (κ1) is 15.8. The van der Waals surface area contributed by atoms with Crippen LogP contribution in [0.15, 0.2) is 66.1 Å². The predicted octanol–water partition coefficient (Wildman–Crippen LogP) is 3.88. The monoisotopic (exact) mass is 345 g/mol. The van der Waals surface area contributed by atoms with Gasteiger partial charge in [0.1, 0.15) is 0 Å². The number of halogens is 1. The molecule has 0 radical (unpaired) electrons. The molecule has 3 rings (SSSR count). The quantitative estimate of drug-likeness (QED) is 0.763. The van der Waals surface area contributed by atoms with Crippen molar-refractivity contribution in [1.82, 2.24) is 9.55 Å². The highest BCUT2D eigenvalue weighted by molar-refractivity contribution is 7.84. The van der Waals surface area contributed by atoms with Gasteiger partial charge in [0.25, 0.3) is 0 Å². The summed E-state index contributed by atoms with van der Waals surface area (Å²) in [6, 6.07) is 13.6. The third-order valence-electron chi connectivity index (χ3n) is 3.48. The standard InChI is InChI=1S/C17H16ClN3OS/c1-23(22)15-5-2-13(3-6-15)11-20-14-4-7-17(16(18)10-14)21-9-8-19-12-21/h2-10,12,20H,11H2,1H3. The van der Waals surface area contributed by atoms with Gasteiger partial charge in [0.2, 0.25) is 0 Å². The van der Waals surface area contributed by atoms with Crippen molar-refractivity contribution < 1.29 is 4.21 Å². The van der Waals surface area contributed by atoms with Crippen LogP contribution in [0.3, 0.4) is 0 Å². The number of nitrogens with zero attached hydrogens (tertiary/aromatic N) is 2. The number of aromatic nitrogens is 2. The molecule has 1 N–H and O–H groups in total. The molecule has 1 heterocycles. The Morgan fingerprint density at radius 1 is 1.22 bits per heavy atom. The second kappa shape index (κ2) is 6.98. The first-order valence-corrected chi connectivity index (χ1v) is 9.01. The van der Waals surface area contributed by atoms with Gasteiger partial charge in [-0.3, -0.25) is 4.21 Å². The molecule has 1 aromatic heterocycles. The molecule has 3 aromatic rings. The largest absolute Gasteiger partial charge is 0.381 e. The SMILES string of the molecule is CS(=O)c1ccc(CNc2ccc(-n3ccnc3)c(Cl)c2)cc1. The molecule has 118 valence electrons. The minimum Gasteiger partial charge on any atom is -0.381 e. The molecular weight excluding hydrogens is 330 g/mol. The first-order valence-electron chi connectivity index (χ1n) is 7.07. The molecule has 0 fully saturated rings. The lowest BCUT2D eigenvalue weighted by atomic mass is 10.2. The molecule has 0 saturated heterocycles. The van der Waals surface area contributed by atoms with Gasteiger partial charge in [-0.25, -0.2) is 4.98 Å². The van der Waals surface area contributed by atoms with Gasteiger partial charge in [-0.15, -0.1) is 0 Å². The van der Waals surface area contributed by atoms with Crippen LogP contribution in [-0.2, 0) is 17.3 Å². The maximum atomic E-state index is 11.4. The van der Waals surface area contributed by atoms with Gasteiger partial charge < -0.3 is 9.88 Å². The number of benzene rings is 2. The number of hydrogen-bond acceptors (Lipinski definition) is 3. The lowest BCUT2D eigenvalue weighted by molar-refractivity contribution is 0.687. The molecule has 0 aliphatic rings. The van der Waals surface area contributed by atoms with E-state index in [4.69, 9.17) is 11.6 Å². The van der Waals surface area contributed by atoms with E-state index in [1.54, 1.807) is 18.8 Å². The maximum Gasteiger partial charge on any atom is 0.0992 e. The summed E-state index contributed by atoms with van der Waals surface area (Å²) in [5, 5.41) is 3.99. The Hall–Kier alpha value is -2.11. The predicted molar refractivity (Wildman–Crippen MR) is 94.7 cm³/mol. The highest BCUT2D eigenvalue weighted by Gasteiger charge is 2.04. The normalized spacial score (nSPS) is 12.1. The fraction of sp³-hybridized carbons (Fsp3) is 0.118. The summed E-state index contributed by atoms with van der Waals surface area (Å²) >= 11 is 6.34. The van der Waals surface area contributed by atoms with Crippen molar-refractivity contribution in [2.24, 2.45) is 0 Å². The van der Waals surface area contributed by atoms with E-state index in [1.165, 1.54) is 0 Å². The molecule has 4 nitrogen and oxygen atoms in total. The van der Waals surface area contributed by atoms with Crippen LogP contribution in [0.1, 0.15) is 5.56 Å². The topological polar surface area (TPSA) is 46.9 Å². The Morgan fingerprint density at radius 3 is 2.61 bits per heavy atom. The van der Waals surface area contributed by atoms with Crippen molar-refractivity contribution >= 4 is 28.1 Å². The van der Waals surface area contributed by atoms with Crippen LogP contribution in [0.2, 0.25) is 5.02 Å². The van der Waals surface area contributed by atoms with Crippen molar-refractivity contribution in [3.8, 4) is 5.69 Å². The van der Waals surface area contributed by atoms with E-state index in [1.807, 2.05) is 53.2 Å². The van der Waals surface area contributed by atoms with Gasteiger partial charge in [-0.1, -0.05) is 23.7 Å². The summed E-state index contributed by atoms with van der Waals surface area (Å²) in [7, 11) is -0.943. The average molecular weight is 346 g/mol. The Balaban J connectivity index is 1.69. The highest BCUT2D eigenvalue weighted by atomic mass is 35.5. The van der Waals surface area contributed by atoms with Crippen LogP contribution >= 0.6 is 11.6 Å². The smallest absolute Gasteiger partial charge is 0.0992 e. The number of anilines is 1. The van der Waals surface area contributed by atoms with Gasteiger partial charge in [-0.05, 0) is 35.9 Å². The van der Waals surface area contributed by atoms with Crippen molar-refractivity contribution in [2.75, 3.05) is 11.6 Å². The molecule has 2 aromatic carbocycles. The molecule has 23 heavy (non-hydrogen) atoms. The molecule has 1 atom stereocenters. The summed E-state index contributed by atoms with van der Waals surface area (Å²) in [5.41, 5.74) is 2.96. The molecule has 1 unspecified atom stereocenters. The van der Waals surface area contributed by atoms with Crippen molar-refractivity contribution in [3.05, 3.63) is 71.8 Å². The van der Waals surface area contributed by atoms with Gasteiger partial charge in [-0.2, -0.15) is 0 Å². The maximum absolute atomic E-state index is 11.4. The van der Waals surface area contributed by atoms with Crippen LogP contribution in [0.4, 0.5) is 5.69 Å². The van der Waals surface area contributed by atoms with Crippen LogP contribution in [0.25, 0.3) is 5.69 Å². The Bertz CT molecular complexity index is 816. The zero-order valence-electron chi connectivity index (χ0n) is 12.6. The third-order valence-corrected chi connectivity index (χ3v) is 4.72. The van der Waals surface area contributed by atoms with Crippen LogP contribution in [-0.4, -0.2) is 20.0 Å². The van der Waals surface area contributed by atoms with E-state index in [0.717, 1.165) is 21.8 Å². The van der Waals surface area contributed by atoms with Gasteiger partial charge in [0, 0.05) is 46.6 Å². The third kappa shape index (κ3) is 3.81.